The molecule has 1 aromatic heterocycles. The Labute approximate surface area is 138 Å². The maximum absolute atomic E-state index is 11.4. The first-order valence-corrected chi connectivity index (χ1v) is 9.15. The van der Waals surface area contributed by atoms with Gasteiger partial charge in [-0.1, -0.05) is 33.6 Å². The van der Waals surface area contributed by atoms with Crippen molar-refractivity contribution in [3.63, 3.8) is 0 Å². The van der Waals surface area contributed by atoms with Crippen molar-refractivity contribution in [1.82, 2.24) is 15.6 Å². The molecule has 1 aromatic rings. The van der Waals surface area contributed by atoms with Crippen molar-refractivity contribution < 1.29 is 4.79 Å². The summed E-state index contributed by atoms with van der Waals surface area (Å²) in [5, 5.41) is 9.32. The fraction of sp³-hybridized carbons (Fsp3) is 0.765. The highest BCUT2D eigenvalue weighted by Crippen LogP contribution is 2.38. The number of amides is 1. The molecule has 5 heteroatoms. The number of hydrogen-bond donors (Lipinski definition) is 2. The Morgan fingerprint density at radius 2 is 2.09 bits per heavy atom. The molecule has 0 radical (unpaired) electrons. The molecule has 124 valence electrons. The van der Waals surface area contributed by atoms with E-state index in [1.807, 2.05) is 0 Å². The van der Waals surface area contributed by atoms with E-state index in [4.69, 9.17) is 0 Å². The predicted octanol–water partition coefficient (Wildman–Crippen LogP) is 3.13. The number of nitrogens with one attached hydrogen (secondary N) is 2. The van der Waals surface area contributed by atoms with Gasteiger partial charge in [-0.15, -0.1) is 11.3 Å². The van der Waals surface area contributed by atoms with Crippen LogP contribution in [0.1, 0.15) is 57.2 Å². The average Bonchev–Trinajstić information content (AvgIpc) is 2.92. The van der Waals surface area contributed by atoms with E-state index in [9.17, 15) is 4.79 Å². The summed E-state index contributed by atoms with van der Waals surface area (Å²) >= 11 is 1.57. The number of thiazole rings is 1. The zero-order valence-corrected chi connectivity index (χ0v) is 15.1. The number of aromatic nitrogens is 1. The second kappa shape index (κ2) is 7.55. The van der Waals surface area contributed by atoms with Crippen molar-refractivity contribution in [2.24, 2.45) is 11.3 Å². The molecule has 1 saturated carbocycles. The van der Waals surface area contributed by atoms with Gasteiger partial charge in [0.05, 0.1) is 12.1 Å². The molecule has 1 fully saturated rings. The van der Waals surface area contributed by atoms with Crippen molar-refractivity contribution in [1.29, 1.82) is 0 Å². The second-order valence-corrected chi connectivity index (χ2v) is 8.27. The van der Waals surface area contributed by atoms with Crippen molar-refractivity contribution in [3.8, 4) is 0 Å². The fourth-order valence-corrected chi connectivity index (χ4v) is 4.18. The molecule has 1 amide bonds. The molecule has 0 aliphatic heterocycles. The zero-order valence-electron chi connectivity index (χ0n) is 14.2. The lowest BCUT2D eigenvalue weighted by Crippen LogP contribution is -2.43. The van der Waals surface area contributed by atoms with Crippen molar-refractivity contribution in [3.05, 3.63) is 16.1 Å². The van der Waals surface area contributed by atoms with E-state index < -0.39 is 0 Å². The van der Waals surface area contributed by atoms with Crippen LogP contribution in [0.2, 0.25) is 0 Å². The van der Waals surface area contributed by atoms with Crippen LogP contribution in [-0.2, 0) is 17.8 Å². The van der Waals surface area contributed by atoms with Gasteiger partial charge in [0.2, 0.25) is 5.91 Å². The van der Waals surface area contributed by atoms with E-state index in [0.717, 1.165) is 23.2 Å². The van der Waals surface area contributed by atoms with Gasteiger partial charge < -0.3 is 10.6 Å². The molecule has 0 spiro atoms. The van der Waals surface area contributed by atoms with E-state index in [1.54, 1.807) is 18.4 Å². The smallest absolute Gasteiger partial charge is 0.226 e. The molecule has 22 heavy (non-hydrogen) atoms. The quantitative estimate of drug-likeness (QED) is 0.875. The van der Waals surface area contributed by atoms with Gasteiger partial charge in [0.25, 0.3) is 0 Å². The highest BCUT2D eigenvalue weighted by Gasteiger charge is 2.33. The molecule has 2 N–H and O–H groups in total. The maximum atomic E-state index is 11.4. The summed E-state index contributed by atoms with van der Waals surface area (Å²) in [6.07, 6.45) is 5.64. The van der Waals surface area contributed by atoms with Crippen LogP contribution in [0.15, 0.2) is 5.38 Å². The standard InChI is InChI=1S/C17H29N3OS/c1-17(2,3)13-7-5-6-8-14(13)19-10-12-11-22-16(20-12)9-15(21)18-4/h11,13-14,19H,5-10H2,1-4H3,(H,18,21). The third-order valence-corrected chi connectivity index (χ3v) is 5.51. The minimum Gasteiger partial charge on any atom is -0.359 e. The summed E-state index contributed by atoms with van der Waals surface area (Å²) in [6, 6.07) is 0.581. The van der Waals surface area contributed by atoms with Crippen LogP contribution in [0.25, 0.3) is 0 Å². The van der Waals surface area contributed by atoms with Crippen LogP contribution in [0, 0.1) is 11.3 Å². The third-order valence-electron chi connectivity index (χ3n) is 4.61. The molecular formula is C17H29N3OS. The van der Waals surface area contributed by atoms with Crippen molar-refractivity contribution >= 4 is 17.2 Å². The minimum absolute atomic E-state index is 0.0222. The summed E-state index contributed by atoms with van der Waals surface area (Å²) < 4.78 is 0. The number of rotatable bonds is 5. The Morgan fingerprint density at radius 1 is 1.36 bits per heavy atom. The minimum atomic E-state index is 0.0222. The molecule has 1 aliphatic rings. The Hall–Kier alpha value is -0.940. The van der Waals surface area contributed by atoms with Crippen LogP contribution < -0.4 is 10.6 Å². The lowest BCUT2D eigenvalue weighted by molar-refractivity contribution is -0.119. The van der Waals surface area contributed by atoms with Gasteiger partial charge >= 0.3 is 0 Å². The van der Waals surface area contributed by atoms with E-state index in [2.05, 4.69) is 41.8 Å². The Balaban J connectivity index is 1.90. The second-order valence-electron chi connectivity index (χ2n) is 7.33. The Bertz CT molecular complexity index is 492. The Kier molecular flexibility index (Phi) is 5.98. The number of nitrogens with zero attached hydrogens (tertiary/aromatic N) is 1. The summed E-state index contributed by atoms with van der Waals surface area (Å²) in [5.74, 6) is 0.749. The highest BCUT2D eigenvalue weighted by atomic mass is 32.1. The van der Waals surface area contributed by atoms with Crippen LogP contribution in [0.5, 0.6) is 0 Å². The van der Waals surface area contributed by atoms with Gasteiger partial charge in [-0.2, -0.15) is 0 Å². The van der Waals surface area contributed by atoms with Gasteiger partial charge in [0.1, 0.15) is 5.01 Å². The predicted molar refractivity (Wildman–Crippen MR) is 91.9 cm³/mol. The highest BCUT2D eigenvalue weighted by molar-refractivity contribution is 7.09. The van der Waals surface area contributed by atoms with Crippen LogP contribution in [0.4, 0.5) is 0 Å². The van der Waals surface area contributed by atoms with Crippen molar-refractivity contribution in [2.75, 3.05) is 7.05 Å². The van der Waals surface area contributed by atoms with Gasteiger partial charge in [0, 0.05) is 25.0 Å². The first-order chi connectivity index (χ1) is 10.4. The van der Waals surface area contributed by atoms with E-state index in [0.29, 0.717) is 17.9 Å². The molecule has 0 aromatic carbocycles. The van der Waals surface area contributed by atoms with Gasteiger partial charge in [-0.3, -0.25) is 4.79 Å². The molecule has 2 atom stereocenters. The van der Waals surface area contributed by atoms with Gasteiger partial charge in [-0.25, -0.2) is 4.98 Å². The SMILES string of the molecule is CNC(=O)Cc1nc(CNC2CCCCC2C(C)(C)C)cs1. The summed E-state index contributed by atoms with van der Waals surface area (Å²) in [5.41, 5.74) is 1.41. The average molecular weight is 324 g/mol. The maximum Gasteiger partial charge on any atom is 0.226 e. The van der Waals surface area contributed by atoms with Crippen LogP contribution in [0.3, 0.4) is 0 Å². The van der Waals surface area contributed by atoms with Crippen LogP contribution >= 0.6 is 11.3 Å². The summed E-state index contributed by atoms with van der Waals surface area (Å²) in [7, 11) is 1.66. The van der Waals surface area contributed by atoms with Crippen LogP contribution in [-0.4, -0.2) is 24.0 Å². The number of carbonyl (C=O) groups excluding carboxylic acids is 1. The lowest BCUT2D eigenvalue weighted by Gasteiger charge is -2.41. The molecule has 0 saturated heterocycles. The molecule has 0 bridgehead atoms. The molecule has 4 nitrogen and oxygen atoms in total. The molecule has 2 unspecified atom stereocenters. The normalized spacial score (nSPS) is 22.5. The lowest BCUT2D eigenvalue weighted by atomic mass is 9.69. The topological polar surface area (TPSA) is 54.0 Å². The number of hydrogen-bond acceptors (Lipinski definition) is 4. The number of likely N-dealkylation sites (N-methyl/N-ethyl adjacent to an activating group) is 1. The van der Waals surface area contributed by atoms with Gasteiger partial charge in [-0.05, 0) is 24.2 Å². The summed E-state index contributed by atoms with van der Waals surface area (Å²) in [4.78, 5) is 16.0. The summed E-state index contributed by atoms with van der Waals surface area (Å²) in [6.45, 7) is 7.85. The molecule has 1 heterocycles. The molecule has 2 rings (SSSR count). The zero-order chi connectivity index (χ0) is 16.2. The first kappa shape index (κ1) is 17.4. The Morgan fingerprint density at radius 3 is 2.77 bits per heavy atom. The molecular weight excluding hydrogens is 294 g/mol. The monoisotopic (exact) mass is 323 g/mol. The fourth-order valence-electron chi connectivity index (χ4n) is 3.38. The first-order valence-electron chi connectivity index (χ1n) is 8.27. The molecule has 1 aliphatic carbocycles. The number of carbonyl (C=O) groups is 1. The van der Waals surface area contributed by atoms with E-state index in [1.165, 1.54) is 25.7 Å². The van der Waals surface area contributed by atoms with Gasteiger partial charge in [0.15, 0.2) is 0 Å². The largest absolute Gasteiger partial charge is 0.359 e. The third kappa shape index (κ3) is 4.78. The van der Waals surface area contributed by atoms with E-state index >= 15 is 0 Å². The van der Waals surface area contributed by atoms with E-state index in [-0.39, 0.29) is 5.91 Å². The van der Waals surface area contributed by atoms with Crippen molar-refractivity contribution in [2.45, 2.75) is 65.5 Å².